The highest BCUT2D eigenvalue weighted by Gasteiger charge is 2.40. The molecule has 2 heterocycles. The SMILES string of the molecule is Cc1cc(CCOc2ccc(C(=O)NC3CN(C(=O)O)CC3C(=O)NO)cc2)c2ccccc2n1. The van der Waals surface area contributed by atoms with Crippen LogP contribution in [0, 0.1) is 12.8 Å². The Hall–Kier alpha value is -4.18. The number of benzene rings is 2. The number of aryl methyl sites for hydroxylation is 1. The van der Waals surface area contributed by atoms with Crippen molar-refractivity contribution in [2.24, 2.45) is 5.92 Å². The first-order valence-electron chi connectivity index (χ1n) is 11.2. The lowest BCUT2D eigenvalue weighted by atomic mass is 10.0. The monoisotopic (exact) mass is 478 g/mol. The third-order valence-corrected chi connectivity index (χ3v) is 6.04. The van der Waals surface area contributed by atoms with Gasteiger partial charge >= 0.3 is 6.09 Å². The molecule has 1 saturated heterocycles. The number of hydrogen-bond acceptors (Lipinski definition) is 6. The maximum absolute atomic E-state index is 12.7. The quantitative estimate of drug-likeness (QED) is 0.302. The largest absolute Gasteiger partial charge is 0.493 e. The molecule has 2 atom stereocenters. The lowest BCUT2D eigenvalue weighted by molar-refractivity contribution is -0.133. The Morgan fingerprint density at radius 1 is 1.11 bits per heavy atom. The predicted octanol–water partition coefficient (Wildman–Crippen LogP) is 2.38. The molecule has 2 aromatic carbocycles. The van der Waals surface area contributed by atoms with Crippen molar-refractivity contribution in [2.45, 2.75) is 19.4 Å². The molecule has 4 rings (SSSR count). The van der Waals surface area contributed by atoms with Gasteiger partial charge in [-0.15, -0.1) is 0 Å². The van der Waals surface area contributed by atoms with E-state index in [9.17, 15) is 19.5 Å². The predicted molar refractivity (Wildman–Crippen MR) is 126 cm³/mol. The molecule has 4 N–H and O–H groups in total. The molecule has 0 spiro atoms. The second-order valence-electron chi connectivity index (χ2n) is 8.41. The van der Waals surface area contributed by atoms with Gasteiger partial charge in [0.2, 0.25) is 5.91 Å². The van der Waals surface area contributed by atoms with E-state index in [2.05, 4.69) is 16.4 Å². The maximum Gasteiger partial charge on any atom is 0.407 e. The number of pyridine rings is 1. The van der Waals surface area contributed by atoms with Gasteiger partial charge in [0.15, 0.2) is 0 Å². The molecule has 35 heavy (non-hydrogen) atoms. The standard InChI is InChI=1S/C25H26N4O6/c1-15-12-17(19-4-2-3-5-21(19)26-15)10-11-35-18-8-6-16(7-9-18)23(30)27-22-14-29(25(32)33)13-20(22)24(31)28-34/h2-9,12,20,22,34H,10-11,13-14H2,1H3,(H,27,30)(H,28,31)(H,32,33). The molecule has 1 aliphatic rings. The number of nitrogens with one attached hydrogen (secondary N) is 2. The van der Waals surface area contributed by atoms with Crippen LogP contribution in [0.2, 0.25) is 0 Å². The summed E-state index contributed by atoms with van der Waals surface area (Å²) < 4.78 is 5.87. The van der Waals surface area contributed by atoms with Crippen molar-refractivity contribution >= 4 is 28.8 Å². The van der Waals surface area contributed by atoms with Crippen molar-refractivity contribution in [3.05, 3.63) is 71.4 Å². The first kappa shape index (κ1) is 24.0. The van der Waals surface area contributed by atoms with E-state index < -0.39 is 29.9 Å². The first-order valence-corrected chi connectivity index (χ1v) is 11.2. The number of carbonyl (C=O) groups is 3. The van der Waals surface area contributed by atoms with Gasteiger partial charge in [-0.2, -0.15) is 0 Å². The van der Waals surface area contributed by atoms with E-state index in [1.807, 2.05) is 31.2 Å². The van der Waals surface area contributed by atoms with Gasteiger partial charge in [0, 0.05) is 36.2 Å². The Kier molecular flexibility index (Phi) is 7.11. The molecule has 1 aromatic heterocycles. The number of aromatic nitrogens is 1. The molecule has 10 nitrogen and oxygen atoms in total. The number of hydroxylamine groups is 1. The molecule has 0 aliphatic carbocycles. The zero-order chi connectivity index (χ0) is 24.9. The van der Waals surface area contributed by atoms with E-state index in [1.165, 1.54) is 5.48 Å². The van der Waals surface area contributed by atoms with Crippen LogP contribution in [0.1, 0.15) is 21.6 Å². The van der Waals surface area contributed by atoms with Crippen molar-refractivity contribution in [1.82, 2.24) is 20.7 Å². The van der Waals surface area contributed by atoms with Crippen molar-refractivity contribution in [3.63, 3.8) is 0 Å². The number of fused-ring (bicyclic) bond motifs is 1. The molecule has 0 bridgehead atoms. The minimum atomic E-state index is -1.20. The fraction of sp³-hybridized carbons (Fsp3) is 0.280. The normalized spacial score (nSPS) is 17.3. The fourth-order valence-corrected chi connectivity index (χ4v) is 4.29. The van der Waals surface area contributed by atoms with Crippen molar-refractivity contribution in [3.8, 4) is 5.75 Å². The van der Waals surface area contributed by atoms with Crippen LogP contribution in [-0.4, -0.2) is 63.8 Å². The van der Waals surface area contributed by atoms with Gasteiger partial charge in [0.1, 0.15) is 5.75 Å². The third kappa shape index (κ3) is 5.49. The summed E-state index contributed by atoms with van der Waals surface area (Å²) in [6.07, 6.45) is -0.503. The van der Waals surface area contributed by atoms with Gasteiger partial charge in [0.25, 0.3) is 5.91 Å². The Morgan fingerprint density at radius 3 is 2.57 bits per heavy atom. The van der Waals surface area contributed by atoms with Crippen LogP contribution in [0.5, 0.6) is 5.75 Å². The summed E-state index contributed by atoms with van der Waals surface area (Å²) in [6, 6.07) is 15.8. The maximum atomic E-state index is 12.7. The third-order valence-electron chi connectivity index (χ3n) is 6.04. The van der Waals surface area contributed by atoms with E-state index in [1.54, 1.807) is 24.3 Å². The summed E-state index contributed by atoms with van der Waals surface area (Å²) in [5.74, 6) is -1.49. The molecule has 3 aromatic rings. The van der Waals surface area contributed by atoms with Crippen molar-refractivity contribution in [1.29, 1.82) is 0 Å². The van der Waals surface area contributed by atoms with E-state index in [-0.39, 0.29) is 13.1 Å². The lowest BCUT2D eigenvalue weighted by Crippen LogP contribution is -2.45. The molecule has 1 aliphatic heterocycles. The number of nitrogens with zero attached hydrogens (tertiary/aromatic N) is 2. The van der Waals surface area contributed by atoms with Gasteiger partial charge in [-0.3, -0.25) is 19.8 Å². The molecule has 1 fully saturated rings. The number of rotatable bonds is 7. The fourth-order valence-electron chi connectivity index (χ4n) is 4.29. The van der Waals surface area contributed by atoms with Gasteiger partial charge in [-0.1, -0.05) is 18.2 Å². The molecule has 0 saturated carbocycles. The number of carbonyl (C=O) groups excluding carboxylic acids is 2. The molecular formula is C25H26N4O6. The van der Waals surface area contributed by atoms with Gasteiger partial charge in [-0.05, 0) is 48.9 Å². The van der Waals surface area contributed by atoms with E-state index in [4.69, 9.17) is 9.94 Å². The van der Waals surface area contributed by atoms with Crippen LogP contribution < -0.4 is 15.5 Å². The van der Waals surface area contributed by atoms with Gasteiger partial charge in [0.05, 0.1) is 24.1 Å². The number of para-hydroxylation sites is 1. The zero-order valence-corrected chi connectivity index (χ0v) is 19.1. The highest BCUT2D eigenvalue weighted by Crippen LogP contribution is 2.21. The summed E-state index contributed by atoms with van der Waals surface area (Å²) in [4.78, 5) is 41.4. The van der Waals surface area contributed by atoms with E-state index >= 15 is 0 Å². The van der Waals surface area contributed by atoms with Crippen molar-refractivity contribution < 1.29 is 29.4 Å². The number of likely N-dealkylation sites (tertiary alicyclic amines) is 1. The highest BCUT2D eigenvalue weighted by molar-refractivity contribution is 5.95. The van der Waals surface area contributed by atoms with Crippen molar-refractivity contribution in [2.75, 3.05) is 19.7 Å². The van der Waals surface area contributed by atoms with Gasteiger partial charge in [-0.25, -0.2) is 10.3 Å². The van der Waals surface area contributed by atoms with Crippen LogP contribution in [0.25, 0.3) is 10.9 Å². The molecule has 10 heteroatoms. The van der Waals surface area contributed by atoms with Crippen LogP contribution in [0.3, 0.4) is 0 Å². The number of hydrogen-bond donors (Lipinski definition) is 4. The minimum absolute atomic E-state index is 0.0521. The zero-order valence-electron chi connectivity index (χ0n) is 19.1. The van der Waals surface area contributed by atoms with Crippen LogP contribution >= 0.6 is 0 Å². The Labute approximate surface area is 201 Å². The summed E-state index contributed by atoms with van der Waals surface area (Å²) in [6.45, 7) is 2.24. The molecule has 2 unspecified atom stereocenters. The smallest absolute Gasteiger partial charge is 0.407 e. The highest BCUT2D eigenvalue weighted by atomic mass is 16.5. The Morgan fingerprint density at radius 2 is 1.86 bits per heavy atom. The summed E-state index contributed by atoms with van der Waals surface area (Å²) in [5.41, 5.74) is 4.91. The summed E-state index contributed by atoms with van der Waals surface area (Å²) in [5, 5.41) is 21.9. The van der Waals surface area contributed by atoms with Gasteiger partial charge < -0.3 is 20.1 Å². The van der Waals surface area contributed by atoms with E-state index in [0.29, 0.717) is 24.3 Å². The average Bonchev–Trinajstić information content (AvgIpc) is 3.28. The number of ether oxygens (including phenoxy) is 1. The van der Waals surface area contributed by atoms with E-state index in [0.717, 1.165) is 27.1 Å². The molecule has 0 radical (unpaired) electrons. The number of amides is 3. The second-order valence-corrected chi connectivity index (χ2v) is 8.41. The van der Waals surface area contributed by atoms with Crippen LogP contribution in [-0.2, 0) is 11.2 Å². The topological polar surface area (TPSA) is 141 Å². The summed E-state index contributed by atoms with van der Waals surface area (Å²) in [7, 11) is 0. The Balaban J connectivity index is 1.35. The average molecular weight is 479 g/mol. The van der Waals surface area contributed by atoms with Crippen LogP contribution in [0.15, 0.2) is 54.6 Å². The molecule has 3 amide bonds. The van der Waals surface area contributed by atoms with Crippen LogP contribution in [0.4, 0.5) is 4.79 Å². The number of carboxylic acid groups (broad SMARTS) is 1. The molecular weight excluding hydrogens is 452 g/mol. The lowest BCUT2D eigenvalue weighted by Gasteiger charge is -2.18. The second kappa shape index (κ2) is 10.4. The summed E-state index contributed by atoms with van der Waals surface area (Å²) >= 11 is 0. The Bertz CT molecular complexity index is 1250. The molecule has 182 valence electrons. The first-order chi connectivity index (χ1) is 16.9. The minimum Gasteiger partial charge on any atom is -0.493 e.